The van der Waals surface area contributed by atoms with E-state index in [4.69, 9.17) is 9.47 Å². The molecule has 0 spiro atoms. The Morgan fingerprint density at radius 2 is 0.606 bits per heavy atom. The SMILES string of the molecule is CCCCC/C=C\C/C=C\C/C=C\CCCCCCCCC(=O)OC(CO)COC(=O)CCCCCCCCCCCCCCCCCCCCCCC/C=C\CCCCCCCCCC. The third kappa shape index (κ3) is 54.5. The van der Waals surface area contributed by atoms with Crippen molar-refractivity contribution in [3.8, 4) is 0 Å². The summed E-state index contributed by atoms with van der Waals surface area (Å²) in [6.45, 7) is 4.14. The van der Waals surface area contributed by atoms with Gasteiger partial charge in [-0.1, -0.05) is 268 Å². The van der Waals surface area contributed by atoms with E-state index in [0.29, 0.717) is 12.8 Å². The van der Waals surface area contributed by atoms with Crippen LogP contribution in [-0.2, 0) is 19.1 Å². The predicted molar refractivity (Wildman–Crippen MR) is 288 cm³/mol. The number of carbonyl (C=O) groups is 2. The Kier molecular flexibility index (Phi) is 55.3. The fraction of sp³-hybridized carbons (Fsp3) is 0.836. The topological polar surface area (TPSA) is 72.8 Å². The first-order valence-electron chi connectivity index (χ1n) is 29.2. The van der Waals surface area contributed by atoms with Crippen LogP contribution in [0.15, 0.2) is 48.6 Å². The van der Waals surface area contributed by atoms with E-state index in [1.165, 1.54) is 225 Å². The molecule has 1 N–H and O–H groups in total. The van der Waals surface area contributed by atoms with Gasteiger partial charge in [0, 0.05) is 12.8 Å². The molecular formula is C61H112O5. The van der Waals surface area contributed by atoms with E-state index in [0.717, 1.165) is 57.8 Å². The molecule has 0 bridgehead atoms. The summed E-state index contributed by atoms with van der Waals surface area (Å²) in [5.74, 6) is -0.593. The molecule has 386 valence electrons. The molecule has 0 rings (SSSR count). The number of aliphatic hydroxyl groups is 1. The summed E-state index contributed by atoms with van der Waals surface area (Å²) in [6, 6.07) is 0. The van der Waals surface area contributed by atoms with Crippen molar-refractivity contribution in [3.63, 3.8) is 0 Å². The minimum absolute atomic E-state index is 0.0688. The maximum atomic E-state index is 12.3. The lowest BCUT2D eigenvalue weighted by Crippen LogP contribution is -2.28. The van der Waals surface area contributed by atoms with Crippen molar-refractivity contribution in [3.05, 3.63) is 48.6 Å². The van der Waals surface area contributed by atoms with Crippen LogP contribution in [0.1, 0.15) is 309 Å². The monoisotopic (exact) mass is 925 g/mol. The van der Waals surface area contributed by atoms with Crippen molar-refractivity contribution in [1.29, 1.82) is 0 Å². The maximum Gasteiger partial charge on any atom is 0.306 e. The van der Waals surface area contributed by atoms with E-state index in [2.05, 4.69) is 62.5 Å². The number of ether oxygens (including phenoxy) is 2. The van der Waals surface area contributed by atoms with Crippen LogP contribution < -0.4 is 0 Å². The maximum absolute atomic E-state index is 12.3. The van der Waals surface area contributed by atoms with Crippen molar-refractivity contribution < 1.29 is 24.2 Å². The van der Waals surface area contributed by atoms with Crippen LogP contribution in [0.2, 0.25) is 0 Å². The third-order valence-corrected chi connectivity index (χ3v) is 13.1. The zero-order valence-electron chi connectivity index (χ0n) is 44.2. The fourth-order valence-corrected chi connectivity index (χ4v) is 8.68. The zero-order valence-corrected chi connectivity index (χ0v) is 44.2. The van der Waals surface area contributed by atoms with Crippen molar-refractivity contribution >= 4 is 11.9 Å². The fourth-order valence-electron chi connectivity index (χ4n) is 8.68. The first-order chi connectivity index (χ1) is 32.6. The van der Waals surface area contributed by atoms with E-state index >= 15 is 0 Å². The van der Waals surface area contributed by atoms with Crippen LogP contribution in [0.25, 0.3) is 0 Å². The molecule has 0 saturated heterocycles. The highest BCUT2D eigenvalue weighted by atomic mass is 16.6. The van der Waals surface area contributed by atoms with Crippen LogP contribution in [0.3, 0.4) is 0 Å². The Morgan fingerprint density at radius 1 is 0.348 bits per heavy atom. The minimum Gasteiger partial charge on any atom is -0.462 e. The number of allylic oxidation sites excluding steroid dienone is 8. The first-order valence-corrected chi connectivity index (χ1v) is 29.2. The molecule has 0 aromatic carbocycles. The molecule has 5 nitrogen and oxygen atoms in total. The summed E-state index contributed by atoms with van der Waals surface area (Å²) in [5, 5.41) is 9.64. The van der Waals surface area contributed by atoms with Gasteiger partial charge >= 0.3 is 11.9 Å². The molecule has 0 aromatic heterocycles. The smallest absolute Gasteiger partial charge is 0.306 e. The Bertz CT molecular complexity index is 1090. The highest BCUT2D eigenvalue weighted by Crippen LogP contribution is 2.17. The summed E-state index contributed by atoms with van der Waals surface area (Å²) < 4.78 is 10.7. The van der Waals surface area contributed by atoms with Gasteiger partial charge in [-0.25, -0.2) is 0 Å². The number of unbranched alkanes of at least 4 members (excludes halogenated alkanes) is 38. The Hall–Kier alpha value is -2.14. The van der Waals surface area contributed by atoms with Crippen LogP contribution in [0, 0.1) is 0 Å². The van der Waals surface area contributed by atoms with E-state index in [1.807, 2.05) is 0 Å². The normalized spacial score (nSPS) is 12.5. The third-order valence-electron chi connectivity index (χ3n) is 13.1. The van der Waals surface area contributed by atoms with Gasteiger partial charge in [0.2, 0.25) is 0 Å². The molecule has 0 heterocycles. The zero-order chi connectivity index (χ0) is 47.7. The Balaban J connectivity index is 3.43. The van der Waals surface area contributed by atoms with E-state index in [9.17, 15) is 14.7 Å². The summed E-state index contributed by atoms with van der Waals surface area (Å²) in [7, 11) is 0. The number of esters is 2. The standard InChI is InChI=1S/C61H112O5/c1-3-5-7-9-11-13-15-17-19-21-23-24-25-26-27-28-29-30-31-32-33-34-35-36-38-39-41-43-45-47-49-51-53-55-60(63)65-58-59(57-62)66-61(64)56-54-52-50-48-46-44-42-40-37-22-20-18-16-14-12-10-8-6-4-2/h12,14,18,20-21,23,37,40,59,62H,3-11,13,15-17,19,22,24-36,38-39,41-58H2,1-2H3/b14-12-,20-18-,23-21-,40-37-. The lowest BCUT2D eigenvalue weighted by molar-refractivity contribution is -0.161. The van der Waals surface area contributed by atoms with E-state index in [-0.39, 0.29) is 25.2 Å². The average molecular weight is 926 g/mol. The van der Waals surface area contributed by atoms with Crippen molar-refractivity contribution in [1.82, 2.24) is 0 Å². The molecule has 0 fully saturated rings. The summed E-state index contributed by atoms with van der Waals surface area (Å²) in [5.41, 5.74) is 0. The van der Waals surface area contributed by atoms with Gasteiger partial charge in [-0.2, -0.15) is 0 Å². The number of hydrogen-bond acceptors (Lipinski definition) is 5. The lowest BCUT2D eigenvalue weighted by atomic mass is 10.0. The van der Waals surface area contributed by atoms with Crippen molar-refractivity contribution in [2.24, 2.45) is 0 Å². The van der Waals surface area contributed by atoms with Crippen LogP contribution in [-0.4, -0.2) is 36.4 Å². The summed E-state index contributed by atoms with van der Waals surface area (Å²) >= 11 is 0. The summed E-state index contributed by atoms with van der Waals surface area (Å²) in [4.78, 5) is 24.5. The molecule has 0 aliphatic heterocycles. The second-order valence-electron chi connectivity index (χ2n) is 19.7. The molecule has 0 aliphatic carbocycles. The number of rotatable bonds is 54. The quantitative estimate of drug-likeness (QED) is 0.0374. The molecule has 66 heavy (non-hydrogen) atoms. The second kappa shape index (κ2) is 57.2. The first kappa shape index (κ1) is 63.9. The predicted octanol–water partition coefficient (Wildman–Crippen LogP) is 19.6. The van der Waals surface area contributed by atoms with Gasteiger partial charge in [0.25, 0.3) is 0 Å². The highest BCUT2D eigenvalue weighted by Gasteiger charge is 2.16. The number of carbonyl (C=O) groups excluding carboxylic acids is 2. The molecule has 0 aliphatic rings. The second-order valence-corrected chi connectivity index (χ2v) is 19.7. The van der Waals surface area contributed by atoms with Gasteiger partial charge in [-0.05, 0) is 77.0 Å². The molecule has 0 radical (unpaired) electrons. The van der Waals surface area contributed by atoms with Gasteiger partial charge in [0.1, 0.15) is 6.61 Å². The number of hydrogen-bond donors (Lipinski definition) is 1. The Labute approximate surface area is 411 Å². The van der Waals surface area contributed by atoms with Gasteiger partial charge in [0.15, 0.2) is 6.10 Å². The number of aliphatic hydroxyl groups excluding tert-OH is 1. The highest BCUT2D eigenvalue weighted by molar-refractivity contribution is 5.70. The molecule has 1 unspecified atom stereocenters. The molecule has 1 atom stereocenters. The minimum atomic E-state index is -0.779. The molecule has 0 amide bonds. The van der Waals surface area contributed by atoms with Crippen LogP contribution >= 0.6 is 0 Å². The van der Waals surface area contributed by atoms with Crippen LogP contribution in [0.5, 0.6) is 0 Å². The largest absolute Gasteiger partial charge is 0.462 e. The molecule has 0 aromatic rings. The van der Waals surface area contributed by atoms with Gasteiger partial charge in [-0.15, -0.1) is 0 Å². The molecule has 5 heteroatoms. The van der Waals surface area contributed by atoms with E-state index < -0.39 is 6.10 Å². The van der Waals surface area contributed by atoms with Gasteiger partial charge in [-0.3, -0.25) is 9.59 Å². The average Bonchev–Trinajstić information content (AvgIpc) is 3.32. The Morgan fingerprint density at radius 3 is 0.955 bits per heavy atom. The van der Waals surface area contributed by atoms with Crippen molar-refractivity contribution in [2.45, 2.75) is 315 Å². The van der Waals surface area contributed by atoms with E-state index in [1.54, 1.807) is 0 Å². The van der Waals surface area contributed by atoms with Crippen LogP contribution in [0.4, 0.5) is 0 Å². The van der Waals surface area contributed by atoms with Gasteiger partial charge < -0.3 is 14.6 Å². The summed E-state index contributed by atoms with van der Waals surface area (Å²) in [6.07, 6.45) is 75.3. The van der Waals surface area contributed by atoms with Gasteiger partial charge in [0.05, 0.1) is 6.61 Å². The molecule has 0 saturated carbocycles. The van der Waals surface area contributed by atoms with Crippen molar-refractivity contribution in [2.75, 3.05) is 13.2 Å². The molecular weight excluding hydrogens is 813 g/mol. The lowest BCUT2D eigenvalue weighted by Gasteiger charge is -2.15.